The SMILES string of the molecule is CN(C)CC(C)(O)CNC(=O)c1cccc(Cl)c1N. The predicted octanol–water partition coefficient (Wildman–Crippen LogP) is 0.965. The second-order valence-electron chi connectivity index (χ2n) is 5.12. The molecule has 0 heterocycles. The molecule has 0 saturated heterocycles. The van der Waals surface area contributed by atoms with Gasteiger partial charge in [-0.3, -0.25) is 4.79 Å². The topological polar surface area (TPSA) is 78.6 Å². The number of amides is 1. The van der Waals surface area contributed by atoms with E-state index in [0.717, 1.165) is 0 Å². The number of anilines is 1. The fourth-order valence-electron chi connectivity index (χ4n) is 1.84. The van der Waals surface area contributed by atoms with Crippen molar-refractivity contribution in [2.45, 2.75) is 12.5 Å². The average Bonchev–Trinajstić information content (AvgIpc) is 2.28. The lowest BCUT2D eigenvalue weighted by molar-refractivity contribution is 0.0326. The van der Waals surface area contributed by atoms with E-state index in [-0.39, 0.29) is 18.1 Å². The first kappa shape index (κ1) is 15.8. The van der Waals surface area contributed by atoms with Gasteiger partial charge in [-0.1, -0.05) is 17.7 Å². The second-order valence-corrected chi connectivity index (χ2v) is 5.53. The van der Waals surface area contributed by atoms with Crippen molar-refractivity contribution in [1.82, 2.24) is 10.2 Å². The Bertz CT molecular complexity index is 461. The van der Waals surface area contributed by atoms with E-state index in [1.165, 1.54) is 0 Å². The van der Waals surface area contributed by atoms with E-state index < -0.39 is 5.60 Å². The van der Waals surface area contributed by atoms with Crippen LogP contribution in [0.4, 0.5) is 5.69 Å². The summed E-state index contributed by atoms with van der Waals surface area (Å²) in [5.74, 6) is -0.348. The van der Waals surface area contributed by atoms with Crippen molar-refractivity contribution >= 4 is 23.2 Å². The summed E-state index contributed by atoms with van der Waals surface area (Å²) in [6.07, 6.45) is 0. The van der Waals surface area contributed by atoms with Gasteiger partial charge in [0, 0.05) is 13.1 Å². The van der Waals surface area contributed by atoms with Crippen LogP contribution in [0.1, 0.15) is 17.3 Å². The average molecular weight is 286 g/mol. The number of carbonyl (C=O) groups is 1. The number of rotatable bonds is 5. The zero-order valence-electron chi connectivity index (χ0n) is 11.4. The molecule has 0 aromatic heterocycles. The first-order valence-corrected chi connectivity index (χ1v) is 6.30. The zero-order chi connectivity index (χ0) is 14.6. The monoisotopic (exact) mass is 285 g/mol. The molecular weight excluding hydrogens is 266 g/mol. The van der Waals surface area contributed by atoms with Crippen molar-refractivity contribution in [1.29, 1.82) is 0 Å². The third-order valence-electron chi connectivity index (χ3n) is 2.58. The molecule has 1 aromatic rings. The Labute approximate surface area is 118 Å². The lowest BCUT2D eigenvalue weighted by atomic mass is 10.1. The van der Waals surface area contributed by atoms with E-state index in [2.05, 4.69) is 5.32 Å². The molecule has 6 heteroatoms. The lowest BCUT2D eigenvalue weighted by Crippen LogP contribution is -2.47. The van der Waals surface area contributed by atoms with Crippen molar-refractivity contribution in [3.05, 3.63) is 28.8 Å². The van der Waals surface area contributed by atoms with E-state index in [4.69, 9.17) is 17.3 Å². The van der Waals surface area contributed by atoms with Crippen LogP contribution in [-0.4, -0.2) is 48.7 Å². The van der Waals surface area contributed by atoms with Gasteiger partial charge in [0.25, 0.3) is 5.91 Å². The molecule has 1 atom stereocenters. The van der Waals surface area contributed by atoms with Crippen LogP contribution in [0.3, 0.4) is 0 Å². The van der Waals surface area contributed by atoms with Gasteiger partial charge >= 0.3 is 0 Å². The minimum absolute atomic E-state index is 0.135. The number of aliphatic hydroxyl groups is 1. The number of hydrogen-bond donors (Lipinski definition) is 3. The summed E-state index contributed by atoms with van der Waals surface area (Å²) >= 11 is 5.86. The maximum atomic E-state index is 12.0. The van der Waals surface area contributed by atoms with Crippen molar-refractivity contribution < 1.29 is 9.90 Å². The fourth-order valence-corrected chi connectivity index (χ4v) is 2.01. The standard InChI is InChI=1S/C13H20ClN3O2/c1-13(19,8-17(2)3)7-16-12(18)9-5-4-6-10(14)11(9)15/h4-6,19H,7-8,15H2,1-3H3,(H,16,18). The summed E-state index contributed by atoms with van der Waals surface area (Å²) in [6, 6.07) is 4.87. The molecule has 0 fully saturated rings. The molecule has 0 aliphatic heterocycles. The molecule has 5 nitrogen and oxygen atoms in total. The maximum Gasteiger partial charge on any atom is 0.253 e. The summed E-state index contributed by atoms with van der Waals surface area (Å²) < 4.78 is 0. The molecule has 0 aliphatic rings. The third-order valence-corrected chi connectivity index (χ3v) is 2.91. The van der Waals surface area contributed by atoms with Gasteiger partial charge in [-0.15, -0.1) is 0 Å². The summed E-state index contributed by atoms with van der Waals surface area (Å²) in [7, 11) is 3.70. The van der Waals surface area contributed by atoms with E-state index in [0.29, 0.717) is 17.1 Å². The van der Waals surface area contributed by atoms with Crippen molar-refractivity contribution in [3.8, 4) is 0 Å². The highest BCUT2D eigenvalue weighted by atomic mass is 35.5. The number of likely N-dealkylation sites (N-methyl/N-ethyl adjacent to an activating group) is 1. The normalized spacial score (nSPS) is 14.2. The van der Waals surface area contributed by atoms with Crippen LogP contribution < -0.4 is 11.1 Å². The number of carbonyl (C=O) groups excluding carboxylic acids is 1. The smallest absolute Gasteiger partial charge is 0.253 e. The fraction of sp³-hybridized carbons (Fsp3) is 0.462. The molecule has 106 valence electrons. The van der Waals surface area contributed by atoms with Crippen LogP contribution >= 0.6 is 11.6 Å². The summed E-state index contributed by atoms with van der Waals surface area (Å²) in [5.41, 5.74) is 5.29. The number of hydrogen-bond acceptors (Lipinski definition) is 4. The van der Waals surface area contributed by atoms with Gasteiger partial charge < -0.3 is 21.1 Å². The van der Waals surface area contributed by atoms with Gasteiger partial charge in [-0.2, -0.15) is 0 Å². The highest BCUT2D eigenvalue weighted by Gasteiger charge is 2.23. The largest absolute Gasteiger partial charge is 0.397 e. The van der Waals surface area contributed by atoms with E-state index >= 15 is 0 Å². The van der Waals surface area contributed by atoms with Crippen LogP contribution in [0.2, 0.25) is 5.02 Å². The van der Waals surface area contributed by atoms with E-state index in [1.807, 2.05) is 19.0 Å². The second kappa shape index (κ2) is 6.23. The molecule has 19 heavy (non-hydrogen) atoms. The number of nitrogens with two attached hydrogens (primary N) is 1. The van der Waals surface area contributed by atoms with Crippen LogP contribution in [0.25, 0.3) is 0 Å². The number of benzene rings is 1. The Morgan fingerprint density at radius 2 is 2.16 bits per heavy atom. The van der Waals surface area contributed by atoms with Gasteiger partial charge in [0.15, 0.2) is 0 Å². The molecule has 0 spiro atoms. The quantitative estimate of drug-likeness (QED) is 0.704. The number of nitrogens with zero attached hydrogens (tertiary/aromatic N) is 1. The zero-order valence-corrected chi connectivity index (χ0v) is 12.2. The van der Waals surface area contributed by atoms with E-state index in [1.54, 1.807) is 25.1 Å². The maximum absolute atomic E-state index is 12.0. The summed E-state index contributed by atoms with van der Waals surface area (Å²) in [4.78, 5) is 13.8. The van der Waals surface area contributed by atoms with Crippen molar-refractivity contribution in [2.24, 2.45) is 0 Å². The van der Waals surface area contributed by atoms with Gasteiger partial charge in [-0.05, 0) is 33.2 Å². The first-order chi connectivity index (χ1) is 8.73. The van der Waals surface area contributed by atoms with E-state index in [9.17, 15) is 9.90 Å². The van der Waals surface area contributed by atoms with Gasteiger partial charge in [0.1, 0.15) is 0 Å². The molecule has 0 saturated carbocycles. The molecule has 1 aromatic carbocycles. The Hall–Kier alpha value is -1.30. The molecule has 1 amide bonds. The lowest BCUT2D eigenvalue weighted by Gasteiger charge is -2.27. The summed E-state index contributed by atoms with van der Waals surface area (Å²) in [6.45, 7) is 2.24. The van der Waals surface area contributed by atoms with Crippen LogP contribution in [0, 0.1) is 0 Å². The Morgan fingerprint density at radius 1 is 1.53 bits per heavy atom. The molecule has 1 unspecified atom stereocenters. The number of para-hydroxylation sites is 1. The minimum atomic E-state index is -1.01. The number of halogens is 1. The van der Waals surface area contributed by atoms with Gasteiger partial charge in [0.05, 0.1) is 21.9 Å². The Balaban J connectivity index is 2.68. The van der Waals surface area contributed by atoms with Gasteiger partial charge in [0.2, 0.25) is 0 Å². The van der Waals surface area contributed by atoms with Crippen molar-refractivity contribution in [3.63, 3.8) is 0 Å². The van der Waals surface area contributed by atoms with Crippen LogP contribution in [0.5, 0.6) is 0 Å². The molecule has 0 bridgehead atoms. The molecule has 1 rings (SSSR count). The number of nitrogens with one attached hydrogen (secondary N) is 1. The minimum Gasteiger partial charge on any atom is -0.397 e. The van der Waals surface area contributed by atoms with Crippen LogP contribution in [0.15, 0.2) is 18.2 Å². The number of nitrogen functional groups attached to an aromatic ring is 1. The third kappa shape index (κ3) is 4.70. The Morgan fingerprint density at radius 3 is 2.74 bits per heavy atom. The summed E-state index contributed by atoms with van der Waals surface area (Å²) in [5, 5.41) is 13.1. The molecule has 4 N–H and O–H groups in total. The van der Waals surface area contributed by atoms with Crippen LogP contribution in [-0.2, 0) is 0 Å². The highest BCUT2D eigenvalue weighted by Crippen LogP contribution is 2.22. The molecule has 0 aliphatic carbocycles. The Kier molecular flexibility index (Phi) is 5.17. The van der Waals surface area contributed by atoms with Crippen molar-refractivity contribution in [2.75, 3.05) is 32.9 Å². The predicted molar refractivity (Wildman–Crippen MR) is 77.4 cm³/mol. The van der Waals surface area contributed by atoms with Gasteiger partial charge in [-0.25, -0.2) is 0 Å². The molecular formula is C13H20ClN3O2. The highest BCUT2D eigenvalue weighted by molar-refractivity contribution is 6.33. The first-order valence-electron chi connectivity index (χ1n) is 5.92. The molecule has 0 radical (unpaired) electrons.